The van der Waals surface area contributed by atoms with E-state index in [1.807, 2.05) is 54.6 Å². The predicted molar refractivity (Wildman–Crippen MR) is 120 cm³/mol. The average Bonchev–Trinajstić information content (AvgIpc) is 2.98. The lowest BCUT2D eigenvalue weighted by Gasteiger charge is -2.10. The highest BCUT2D eigenvalue weighted by molar-refractivity contribution is 9.10. The van der Waals surface area contributed by atoms with E-state index in [2.05, 4.69) is 15.9 Å². The molecule has 2 nitrogen and oxygen atoms in total. The van der Waals surface area contributed by atoms with Crippen LogP contribution in [0, 0.1) is 0 Å². The number of halogens is 3. The summed E-state index contributed by atoms with van der Waals surface area (Å²) in [7, 11) is 0. The third-order valence-electron chi connectivity index (χ3n) is 4.23. The molecular weight excluding hydrogens is 479 g/mol. The van der Waals surface area contributed by atoms with Crippen molar-refractivity contribution >= 4 is 62.8 Å². The van der Waals surface area contributed by atoms with Crippen molar-refractivity contribution in [3.05, 3.63) is 96.8 Å². The van der Waals surface area contributed by atoms with E-state index in [1.165, 1.54) is 11.8 Å². The van der Waals surface area contributed by atoms with E-state index in [4.69, 9.17) is 27.9 Å². The van der Waals surface area contributed by atoms with Crippen LogP contribution in [-0.2, 0) is 6.61 Å². The van der Waals surface area contributed by atoms with Gasteiger partial charge in [0.1, 0.15) is 12.4 Å². The molecule has 1 aliphatic heterocycles. The molecule has 140 valence electrons. The molecule has 0 saturated carbocycles. The molecule has 0 saturated heterocycles. The molecular formula is C22H13BrCl2O2S. The zero-order valence-electron chi connectivity index (χ0n) is 14.4. The van der Waals surface area contributed by atoms with Crippen molar-refractivity contribution in [3.8, 4) is 5.75 Å². The van der Waals surface area contributed by atoms with Crippen LogP contribution in [-0.4, -0.2) is 5.78 Å². The molecule has 0 amide bonds. The fourth-order valence-electron chi connectivity index (χ4n) is 2.81. The second-order valence-corrected chi connectivity index (χ2v) is 8.93. The Hall–Kier alpha value is -1.72. The van der Waals surface area contributed by atoms with Crippen LogP contribution in [0.15, 0.2) is 74.9 Å². The van der Waals surface area contributed by atoms with E-state index < -0.39 is 0 Å². The molecule has 0 aromatic heterocycles. The Morgan fingerprint density at radius 1 is 1.04 bits per heavy atom. The highest BCUT2D eigenvalue weighted by atomic mass is 79.9. The zero-order valence-corrected chi connectivity index (χ0v) is 18.3. The highest BCUT2D eigenvalue weighted by Gasteiger charge is 2.25. The first-order chi connectivity index (χ1) is 13.5. The maximum absolute atomic E-state index is 12.5. The van der Waals surface area contributed by atoms with Gasteiger partial charge in [-0.2, -0.15) is 0 Å². The predicted octanol–water partition coefficient (Wildman–Crippen LogP) is 7.66. The Labute approximate surface area is 185 Å². The van der Waals surface area contributed by atoms with Gasteiger partial charge in [-0.25, -0.2) is 0 Å². The van der Waals surface area contributed by atoms with Gasteiger partial charge in [-0.05, 0) is 64.0 Å². The summed E-state index contributed by atoms with van der Waals surface area (Å²) in [5, 5.41) is 1.16. The third-order valence-corrected chi connectivity index (χ3v) is 6.53. The molecule has 4 rings (SSSR count). The van der Waals surface area contributed by atoms with Crippen molar-refractivity contribution < 1.29 is 9.53 Å². The Bertz CT molecular complexity index is 1110. The van der Waals surface area contributed by atoms with E-state index in [0.29, 0.717) is 22.4 Å². The van der Waals surface area contributed by atoms with E-state index in [-0.39, 0.29) is 5.78 Å². The van der Waals surface area contributed by atoms with Crippen LogP contribution in [0.5, 0.6) is 5.75 Å². The summed E-state index contributed by atoms with van der Waals surface area (Å²) >= 11 is 17.2. The molecule has 0 radical (unpaired) electrons. The molecule has 0 aliphatic carbocycles. The van der Waals surface area contributed by atoms with Crippen molar-refractivity contribution in [2.24, 2.45) is 0 Å². The van der Waals surface area contributed by atoms with Gasteiger partial charge in [0.05, 0.1) is 9.38 Å². The van der Waals surface area contributed by atoms with Crippen LogP contribution in [0.4, 0.5) is 0 Å². The first-order valence-electron chi connectivity index (χ1n) is 8.41. The van der Waals surface area contributed by atoms with Crippen LogP contribution in [0.25, 0.3) is 6.08 Å². The smallest absolute Gasteiger partial charge is 0.200 e. The third kappa shape index (κ3) is 4.15. The first-order valence-corrected chi connectivity index (χ1v) is 10.8. The van der Waals surface area contributed by atoms with Crippen LogP contribution >= 0.6 is 50.9 Å². The van der Waals surface area contributed by atoms with Crippen molar-refractivity contribution in [2.75, 3.05) is 0 Å². The Balaban J connectivity index is 1.50. The molecule has 3 aromatic rings. The highest BCUT2D eigenvalue weighted by Crippen LogP contribution is 2.41. The first kappa shape index (κ1) is 19.6. The molecule has 0 N–H and O–H groups in total. The number of carbonyl (C=O) groups excluding carboxylic acids is 1. The van der Waals surface area contributed by atoms with Gasteiger partial charge in [-0.15, -0.1) is 0 Å². The molecule has 3 aromatic carbocycles. The van der Waals surface area contributed by atoms with Crippen molar-refractivity contribution in [1.29, 1.82) is 0 Å². The number of hydrogen-bond acceptors (Lipinski definition) is 3. The minimum Gasteiger partial charge on any atom is -0.488 e. The van der Waals surface area contributed by atoms with Gasteiger partial charge < -0.3 is 4.74 Å². The molecule has 28 heavy (non-hydrogen) atoms. The summed E-state index contributed by atoms with van der Waals surface area (Å²) in [5.74, 6) is 0.760. The van der Waals surface area contributed by atoms with Crippen LogP contribution in [0.1, 0.15) is 21.5 Å². The lowest BCUT2D eigenvalue weighted by molar-refractivity contribution is 0.104. The lowest BCUT2D eigenvalue weighted by atomic mass is 10.1. The van der Waals surface area contributed by atoms with E-state index in [1.54, 1.807) is 12.1 Å². The summed E-state index contributed by atoms with van der Waals surface area (Å²) in [5.41, 5.74) is 2.54. The normalized spacial score (nSPS) is 14.4. The maximum Gasteiger partial charge on any atom is 0.200 e. The SMILES string of the molecule is O=C1/C(=C/c2ccc(OCc3ccc(Cl)cc3Cl)c(Br)c2)Sc2ccccc21. The number of carbonyl (C=O) groups is 1. The van der Waals surface area contributed by atoms with Crippen molar-refractivity contribution in [1.82, 2.24) is 0 Å². The van der Waals surface area contributed by atoms with Gasteiger partial charge in [-0.1, -0.05) is 59.2 Å². The Kier molecular flexibility index (Phi) is 5.83. The van der Waals surface area contributed by atoms with E-state index in [0.717, 1.165) is 31.0 Å². The van der Waals surface area contributed by atoms with Gasteiger partial charge in [0.2, 0.25) is 5.78 Å². The molecule has 0 bridgehead atoms. The second kappa shape index (κ2) is 8.34. The largest absolute Gasteiger partial charge is 0.488 e. The van der Waals surface area contributed by atoms with Crippen LogP contribution in [0.3, 0.4) is 0 Å². The van der Waals surface area contributed by atoms with E-state index >= 15 is 0 Å². The number of hydrogen-bond donors (Lipinski definition) is 0. The van der Waals surface area contributed by atoms with Crippen LogP contribution in [0.2, 0.25) is 10.0 Å². The van der Waals surface area contributed by atoms with Crippen molar-refractivity contribution in [3.63, 3.8) is 0 Å². The minimum atomic E-state index is 0.0643. The minimum absolute atomic E-state index is 0.0643. The summed E-state index contributed by atoms with van der Waals surface area (Å²) in [4.78, 5) is 14.2. The Morgan fingerprint density at radius 2 is 1.86 bits per heavy atom. The second-order valence-electron chi connectivity index (χ2n) is 6.15. The quantitative estimate of drug-likeness (QED) is 0.350. The molecule has 1 heterocycles. The summed E-state index contributed by atoms with van der Waals surface area (Å²) in [6, 6.07) is 18.7. The number of thioether (sulfide) groups is 1. The fraction of sp³-hybridized carbons (Fsp3) is 0.0455. The topological polar surface area (TPSA) is 26.3 Å². The molecule has 0 spiro atoms. The standard InChI is InChI=1S/C22H13BrCl2O2S/c23-17-9-13(10-21-22(26)16-3-1-2-4-20(16)28-21)5-8-19(17)27-12-14-6-7-15(24)11-18(14)25/h1-11H,12H2/b21-10-. The molecule has 0 fully saturated rings. The number of allylic oxidation sites excluding steroid dienone is 1. The van der Waals surface area contributed by atoms with Gasteiger partial charge in [-0.3, -0.25) is 4.79 Å². The number of Topliss-reactive ketones (excluding diaryl/α,β-unsaturated/α-hetero) is 1. The monoisotopic (exact) mass is 490 g/mol. The summed E-state index contributed by atoms with van der Waals surface area (Å²) < 4.78 is 6.68. The molecule has 0 atom stereocenters. The van der Waals surface area contributed by atoms with E-state index in [9.17, 15) is 4.79 Å². The molecule has 0 unspecified atom stereocenters. The molecule has 1 aliphatic rings. The summed E-state index contributed by atoms with van der Waals surface area (Å²) in [6.07, 6.45) is 1.90. The fourth-order valence-corrected chi connectivity index (χ4v) is 4.83. The van der Waals surface area contributed by atoms with Gasteiger partial charge in [0.25, 0.3) is 0 Å². The van der Waals surface area contributed by atoms with Gasteiger partial charge >= 0.3 is 0 Å². The van der Waals surface area contributed by atoms with Gasteiger partial charge in [0, 0.05) is 26.1 Å². The number of rotatable bonds is 4. The van der Waals surface area contributed by atoms with Crippen LogP contribution < -0.4 is 4.74 Å². The Morgan fingerprint density at radius 3 is 2.61 bits per heavy atom. The maximum atomic E-state index is 12.5. The summed E-state index contributed by atoms with van der Waals surface area (Å²) in [6.45, 7) is 0.332. The number of ether oxygens (including phenoxy) is 1. The van der Waals surface area contributed by atoms with Gasteiger partial charge in [0.15, 0.2) is 0 Å². The zero-order chi connectivity index (χ0) is 19.7. The molecule has 6 heteroatoms. The average molecular weight is 492 g/mol. The van der Waals surface area contributed by atoms with Crippen molar-refractivity contribution in [2.45, 2.75) is 11.5 Å². The number of fused-ring (bicyclic) bond motifs is 1. The number of ketones is 1. The number of benzene rings is 3. The lowest BCUT2D eigenvalue weighted by Crippen LogP contribution is -1.97.